The zero-order valence-electron chi connectivity index (χ0n) is 17.5. The van der Waals surface area contributed by atoms with Crippen molar-refractivity contribution in [2.75, 3.05) is 12.0 Å². The monoisotopic (exact) mass is 502 g/mol. The van der Waals surface area contributed by atoms with Crippen molar-refractivity contribution >= 4 is 57.9 Å². The zero-order chi connectivity index (χ0) is 23.9. The summed E-state index contributed by atoms with van der Waals surface area (Å²) in [5.41, 5.74) is 1.50. The van der Waals surface area contributed by atoms with Crippen LogP contribution in [0, 0.1) is 6.92 Å². The van der Waals surface area contributed by atoms with Crippen molar-refractivity contribution in [3.63, 3.8) is 0 Å². The molecule has 1 fully saturated rings. The van der Waals surface area contributed by atoms with Crippen LogP contribution in [-0.2, 0) is 9.59 Å². The number of aliphatic hydroxyl groups is 1. The van der Waals surface area contributed by atoms with Gasteiger partial charge in [-0.25, -0.2) is 0 Å². The molecule has 4 rings (SSSR count). The molecule has 1 unspecified atom stereocenters. The van der Waals surface area contributed by atoms with E-state index < -0.39 is 23.5 Å². The number of aliphatic hydroxyl groups excluding tert-OH is 1. The smallest absolute Gasteiger partial charge is 0.300 e. The van der Waals surface area contributed by atoms with Crippen LogP contribution in [0.3, 0.4) is 0 Å². The van der Waals surface area contributed by atoms with Gasteiger partial charge in [-0.1, -0.05) is 46.9 Å². The van der Waals surface area contributed by atoms with E-state index in [9.17, 15) is 14.7 Å². The Labute approximate surface area is 205 Å². The highest BCUT2D eigenvalue weighted by molar-refractivity contribution is 6.52. The van der Waals surface area contributed by atoms with E-state index >= 15 is 0 Å². The van der Waals surface area contributed by atoms with Crippen molar-refractivity contribution in [1.82, 2.24) is 4.98 Å². The molecule has 1 aromatic heterocycles. The van der Waals surface area contributed by atoms with E-state index in [4.69, 9.17) is 39.5 Å². The van der Waals surface area contributed by atoms with Crippen molar-refractivity contribution in [3.8, 4) is 5.75 Å². The lowest BCUT2D eigenvalue weighted by Crippen LogP contribution is -2.30. The van der Waals surface area contributed by atoms with E-state index in [-0.39, 0.29) is 26.9 Å². The van der Waals surface area contributed by atoms with E-state index in [0.29, 0.717) is 21.8 Å². The number of nitrogens with zero attached hydrogens (tertiary/aromatic N) is 2. The van der Waals surface area contributed by atoms with Gasteiger partial charge in [0.05, 0.1) is 29.3 Å². The van der Waals surface area contributed by atoms with Crippen LogP contribution in [0.2, 0.25) is 15.1 Å². The number of ether oxygens (including phenoxy) is 1. The maximum Gasteiger partial charge on any atom is 0.300 e. The SMILES string of the molecule is COc1c(Cl)cc(Cl)cc1/C(O)=C1\C(=O)C(=O)N(c2cccc(Cl)c2C)C1c1cccnc1. The second-order valence-corrected chi connectivity index (χ2v) is 8.56. The molecular weight excluding hydrogens is 487 g/mol. The van der Waals surface area contributed by atoms with E-state index in [1.54, 1.807) is 43.5 Å². The predicted molar refractivity (Wildman–Crippen MR) is 128 cm³/mol. The number of hydrogen-bond donors (Lipinski definition) is 1. The molecule has 0 saturated carbocycles. The molecule has 33 heavy (non-hydrogen) atoms. The van der Waals surface area contributed by atoms with E-state index in [2.05, 4.69) is 4.98 Å². The molecule has 168 valence electrons. The number of anilines is 1. The molecule has 2 heterocycles. The summed E-state index contributed by atoms with van der Waals surface area (Å²) >= 11 is 18.7. The minimum absolute atomic E-state index is 0.0877. The molecule has 0 spiro atoms. The Morgan fingerprint density at radius 2 is 1.85 bits per heavy atom. The second kappa shape index (κ2) is 9.06. The molecule has 3 aromatic rings. The normalized spacial score (nSPS) is 17.5. The van der Waals surface area contributed by atoms with Gasteiger partial charge in [0.15, 0.2) is 0 Å². The molecule has 6 nitrogen and oxygen atoms in total. The molecule has 1 N–H and O–H groups in total. The van der Waals surface area contributed by atoms with Gasteiger partial charge in [-0.15, -0.1) is 0 Å². The molecule has 2 aromatic carbocycles. The largest absolute Gasteiger partial charge is 0.507 e. The first-order valence-electron chi connectivity index (χ1n) is 9.75. The Morgan fingerprint density at radius 1 is 1.09 bits per heavy atom. The van der Waals surface area contributed by atoms with Crippen LogP contribution in [-0.4, -0.2) is 28.9 Å². The summed E-state index contributed by atoms with van der Waals surface area (Å²) < 4.78 is 5.34. The Balaban J connectivity index is 2.03. The molecule has 1 saturated heterocycles. The fourth-order valence-electron chi connectivity index (χ4n) is 3.88. The van der Waals surface area contributed by atoms with Gasteiger partial charge < -0.3 is 9.84 Å². The van der Waals surface area contributed by atoms with Crippen LogP contribution in [0.5, 0.6) is 5.75 Å². The fraction of sp³-hybridized carbons (Fsp3) is 0.125. The number of benzene rings is 2. The summed E-state index contributed by atoms with van der Waals surface area (Å²) in [4.78, 5) is 32.0. The average Bonchev–Trinajstić information content (AvgIpc) is 3.06. The van der Waals surface area contributed by atoms with Gasteiger partial charge in [0.2, 0.25) is 0 Å². The van der Waals surface area contributed by atoms with Crippen LogP contribution >= 0.6 is 34.8 Å². The van der Waals surface area contributed by atoms with Crippen molar-refractivity contribution in [1.29, 1.82) is 0 Å². The molecule has 1 atom stereocenters. The molecule has 1 aliphatic heterocycles. The average molecular weight is 504 g/mol. The van der Waals surface area contributed by atoms with E-state index in [1.165, 1.54) is 30.3 Å². The minimum Gasteiger partial charge on any atom is -0.507 e. The third-order valence-electron chi connectivity index (χ3n) is 5.41. The van der Waals surface area contributed by atoms with Crippen molar-refractivity contribution < 1.29 is 19.4 Å². The van der Waals surface area contributed by atoms with Crippen molar-refractivity contribution in [2.24, 2.45) is 0 Å². The highest BCUT2D eigenvalue weighted by Gasteiger charge is 2.47. The van der Waals surface area contributed by atoms with E-state index in [1.807, 2.05) is 0 Å². The molecule has 0 bridgehead atoms. The summed E-state index contributed by atoms with van der Waals surface area (Å²) in [6, 6.07) is 10.3. The molecule has 9 heteroatoms. The number of hydrogen-bond acceptors (Lipinski definition) is 5. The van der Waals surface area contributed by atoms with Crippen molar-refractivity contribution in [2.45, 2.75) is 13.0 Å². The number of carbonyl (C=O) groups excluding carboxylic acids is 2. The third kappa shape index (κ3) is 3.95. The standard InChI is InChI=1S/C24H17Cl3N2O4/c1-12-16(26)6-3-7-18(12)29-20(13-5-4-8-28-11-13)19(22(31)24(29)32)21(30)15-9-14(25)10-17(27)23(15)33-2/h3-11,20,30H,1-2H3/b21-19+. The van der Waals surface area contributed by atoms with Crippen LogP contribution in [0.15, 0.2) is 60.4 Å². The number of rotatable bonds is 4. The third-order valence-corrected chi connectivity index (χ3v) is 6.32. The Bertz CT molecular complexity index is 1310. The number of aromatic nitrogens is 1. The van der Waals surface area contributed by atoms with E-state index in [0.717, 1.165) is 0 Å². The first-order chi connectivity index (χ1) is 15.8. The lowest BCUT2D eigenvalue weighted by Gasteiger charge is -2.27. The minimum atomic E-state index is -0.974. The number of methoxy groups -OCH3 is 1. The Kier molecular flexibility index (Phi) is 6.34. The highest BCUT2D eigenvalue weighted by atomic mass is 35.5. The van der Waals surface area contributed by atoms with Crippen LogP contribution in [0.1, 0.15) is 22.7 Å². The molecular formula is C24H17Cl3N2O4. The van der Waals surface area contributed by atoms with Crippen LogP contribution < -0.4 is 9.64 Å². The number of pyridine rings is 1. The van der Waals surface area contributed by atoms with Gasteiger partial charge >= 0.3 is 0 Å². The number of carbonyl (C=O) groups is 2. The van der Waals surface area contributed by atoms with Crippen molar-refractivity contribution in [3.05, 3.63) is 92.2 Å². The number of halogens is 3. The zero-order valence-corrected chi connectivity index (χ0v) is 19.7. The topological polar surface area (TPSA) is 79.7 Å². The summed E-state index contributed by atoms with van der Waals surface area (Å²) in [7, 11) is 1.37. The fourth-order valence-corrected chi connectivity index (χ4v) is 4.62. The molecule has 1 aliphatic rings. The summed E-state index contributed by atoms with van der Waals surface area (Å²) in [6.45, 7) is 1.75. The van der Waals surface area contributed by atoms with Gasteiger partial charge in [0.1, 0.15) is 11.5 Å². The quantitative estimate of drug-likeness (QED) is 0.269. The van der Waals surface area contributed by atoms with Gasteiger partial charge in [-0.2, -0.15) is 0 Å². The van der Waals surface area contributed by atoms with Crippen LogP contribution in [0.25, 0.3) is 5.76 Å². The maximum atomic E-state index is 13.3. The van der Waals surface area contributed by atoms with Crippen LogP contribution in [0.4, 0.5) is 5.69 Å². The van der Waals surface area contributed by atoms with Gasteiger partial charge in [0.25, 0.3) is 11.7 Å². The molecule has 0 radical (unpaired) electrons. The first kappa shape index (κ1) is 23.1. The summed E-state index contributed by atoms with van der Waals surface area (Å²) in [5, 5.41) is 12.1. The molecule has 0 aliphatic carbocycles. The first-order valence-corrected chi connectivity index (χ1v) is 10.9. The van der Waals surface area contributed by atoms with Gasteiger partial charge in [-0.3, -0.25) is 19.5 Å². The van der Waals surface area contributed by atoms with Gasteiger partial charge in [-0.05, 0) is 48.4 Å². The highest BCUT2D eigenvalue weighted by Crippen LogP contribution is 2.45. The predicted octanol–water partition coefficient (Wildman–Crippen LogP) is 5.99. The lowest BCUT2D eigenvalue weighted by atomic mass is 9.95. The maximum absolute atomic E-state index is 13.3. The molecule has 1 amide bonds. The number of Topliss-reactive ketones (excluding diaryl/α,β-unsaturated/α-hetero) is 1. The summed E-state index contributed by atoms with van der Waals surface area (Å²) in [5.74, 6) is -2.04. The number of ketones is 1. The summed E-state index contributed by atoms with van der Waals surface area (Å²) in [6.07, 6.45) is 3.10. The Morgan fingerprint density at radius 3 is 2.52 bits per heavy atom. The second-order valence-electron chi connectivity index (χ2n) is 7.31. The van der Waals surface area contributed by atoms with Gasteiger partial charge in [0, 0.05) is 28.1 Å². The Hall–Kier alpha value is -3.06. The number of amides is 1. The lowest BCUT2D eigenvalue weighted by molar-refractivity contribution is -0.132.